The molecule has 0 saturated heterocycles. The molecule has 2 saturated carbocycles. The summed E-state index contributed by atoms with van der Waals surface area (Å²) >= 11 is 1.52. The molecule has 0 aliphatic heterocycles. The molecule has 4 nitrogen and oxygen atoms in total. The molecule has 0 radical (unpaired) electrons. The van der Waals surface area contributed by atoms with Gasteiger partial charge in [0.15, 0.2) is 0 Å². The highest BCUT2D eigenvalue weighted by molar-refractivity contribution is 7.89. The minimum atomic E-state index is -3.34. The molecule has 3 rings (SSSR count). The topological polar surface area (TPSA) is 58.2 Å². The summed E-state index contributed by atoms with van der Waals surface area (Å²) in [5, 5.41) is 5.25. The van der Waals surface area contributed by atoms with E-state index in [1.807, 2.05) is 5.38 Å². The van der Waals surface area contributed by atoms with Crippen LogP contribution in [0.2, 0.25) is 0 Å². The van der Waals surface area contributed by atoms with Crippen molar-refractivity contribution in [1.82, 2.24) is 10.0 Å². The molecule has 19 heavy (non-hydrogen) atoms. The van der Waals surface area contributed by atoms with Crippen LogP contribution in [0.3, 0.4) is 0 Å². The van der Waals surface area contributed by atoms with E-state index in [0.717, 1.165) is 30.6 Å². The van der Waals surface area contributed by atoms with Crippen LogP contribution in [0.5, 0.6) is 0 Å². The Hall–Kier alpha value is -0.430. The molecule has 2 aliphatic rings. The van der Waals surface area contributed by atoms with Crippen LogP contribution >= 0.6 is 11.3 Å². The summed E-state index contributed by atoms with van der Waals surface area (Å²) in [6, 6.07) is 2.46. The molecule has 106 valence electrons. The first-order valence-corrected chi connectivity index (χ1v) is 9.33. The maximum atomic E-state index is 12.4. The smallest absolute Gasteiger partial charge is 0.241 e. The minimum absolute atomic E-state index is 0.133. The van der Waals surface area contributed by atoms with Crippen LogP contribution in [0.25, 0.3) is 0 Å². The van der Waals surface area contributed by atoms with Gasteiger partial charge < -0.3 is 5.32 Å². The maximum absolute atomic E-state index is 12.4. The molecule has 0 spiro atoms. The second-order valence-corrected chi connectivity index (χ2v) is 8.15. The summed E-state index contributed by atoms with van der Waals surface area (Å²) in [5.74, 6) is 0. The van der Waals surface area contributed by atoms with E-state index in [0.29, 0.717) is 17.5 Å². The fourth-order valence-corrected chi connectivity index (χ4v) is 5.25. The van der Waals surface area contributed by atoms with Crippen LogP contribution in [0.15, 0.2) is 16.3 Å². The van der Waals surface area contributed by atoms with Gasteiger partial charge in [-0.15, -0.1) is 11.3 Å². The van der Waals surface area contributed by atoms with Gasteiger partial charge in [-0.25, -0.2) is 13.1 Å². The molecule has 2 fully saturated rings. The highest BCUT2D eigenvalue weighted by Crippen LogP contribution is 2.26. The van der Waals surface area contributed by atoms with Crippen LogP contribution < -0.4 is 10.0 Å². The van der Waals surface area contributed by atoms with Gasteiger partial charge in [-0.1, -0.05) is 12.8 Å². The van der Waals surface area contributed by atoms with Crippen molar-refractivity contribution >= 4 is 21.4 Å². The van der Waals surface area contributed by atoms with Gasteiger partial charge in [0.25, 0.3) is 0 Å². The molecule has 2 aliphatic carbocycles. The Balaban J connectivity index is 1.70. The van der Waals surface area contributed by atoms with Crippen molar-refractivity contribution in [1.29, 1.82) is 0 Å². The lowest BCUT2D eigenvalue weighted by molar-refractivity contribution is 0.551. The molecular weight excluding hydrogens is 280 g/mol. The number of rotatable bonds is 6. The number of nitrogens with one attached hydrogen (secondary N) is 2. The van der Waals surface area contributed by atoms with Gasteiger partial charge in [0.2, 0.25) is 10.0 Å². The zero-order chi connectivity index (χ0) is 13.3. The molecule has 2 N–H and O–H groups in total. The highest BCUT2D eigenvalue weighted by atomic mass is 32.2. The molecule has 0 atom stereocenters. The SMILES string of the molecule is O=S(=O)(NC1CCCC1)c1ccsc1CNC1CC1. The normalized spacial score (nSPS) is 21.1. The summed E-state index contributed by atoms with van der Waals surface area (Å²) < 4.78 is 27.6. The van der Waals surface area contributed by atoms with E-state index in [-0.39, 0.29) is 6.04 Å². The second kappa shape index (κ2) is 5.52. The van der Waals surface area contributed by atoms with Gasteiger partial charge in [-0.3, -0.25) is 0 Å². The van der Waals surface area contributed by atoms with E-state index in [4.69, 9.17) is 0 Å². The number of sulfonamides is 1. The van der Waals surface area contributed by atoms with E-state index in [9.17, 15) is 8.42 Å². The van der Waals surface area contributed by atoms with Crippen LogP contribution in [0.4, 0.5) is 0 Å². The van der Waals surface area contributed by atoms with Gasteiger partial charge in [0.1, 0.15) is 0 Å². The van der Waals surface area contributed by atoms with E-state index < -0.39 is 10.0 Å². The van der Waals surface area contributed by atoms with E-state index in [2.05, 4.69) is 10.0 Å². The van der Waals surface area contributed by atoms with Crippen LogP contribution in [0.1, 0.15) is 43.4 Å². The maximum Gasteiger partial charge on any atom is 0.241 e. The summed E-state index contributed by atoms with van der Waals surface area (Å²) in [5.41, 5.74) is 0. The van der Waals surface area contributed by atoms with Gasteiger partial charge in [0, 0.05) is 23.5 Å². The first kappa shape index (κ1) is 13.5. The van der Waals surface area contributed by atoms with Crippen LogP contribution in [-0.2, 0) is 16.6 Å². The molecule has 0 unspecified atom stereocenters. The van der Waals surface area contributed by atoms with Crippen LogP contribution in [-0.4, -0.2) is 20.5 Å². The zero-order valence-electron chi connectivity index (χ0n) is 10.9. The van der Waals surface area contributed by atoms with Crippen LogP contribution in [0, 0.1) is 0 Å². The molecule has 1 aromatic rings. The fraction of sp³-hybridized carbons (Fsp3) is 0.692. The Morgan fingerprint density at radius 3 is 2.58 bits per heavy atom. The number of thiophene rings is 1. The third kappa shape index (κ3) is 3.37. The van der Waals surface area contributed by atoms with Crippen molar-refractivity contribution in [3.8, 4) is 0 Å². The van der Waals surface area contributed by atoms with Crippen molar-refractivity contribution in [2.45, 2.75) is 62.0 Å². The lowest BCUT2D eigenvalue weighted by atomic mass is 10.3. The summed E-state index contributed by atoms with van der Waals surface area (Å²) in [7, 11) is -3.34. The van der Waals surface area contributed by atoms with Gasteiger partial charge in [-0.2, -0.15) is 0 Å². The van der Waals surface area contributed by atoms with Gasteiger partial charge >= 0.3 is 0 Å². The Bertz CT molecular complexity index is 529. The molecule has 1 heterocycles. The Labute approximate surface area is 118 Å². The Morgan fingerprint density at radius 2 is 1.89 bits per heavy atom. The standard InChI is InChI=1S/C13H20N2O2S2/c16-19(17,15-11-3-1-2-4-11)13-7-8-18-12(13)9-14-10-5-6-10/h7-8,10-11,14-15H,1-6,9H2. The molecule has 0 amide bonds. The largest absolute Gasteiger partial charge is 0.309 e. The molecule has 0 bridgehead atoms. The van der Waals surface area contributed by atoms with Crippen molar-refractivity contribution < 1.29 is 8.42 Å². The average Bonchev–Trinajstić information content (AvgIpc) is 2.87. The summed E-state index contributed by atoms with van der Waals surface area (Å²) in [6.45, 7) is 0.670. The fourth-order valence-electron chi connectivity index (χ4n) is 2.55. The highest BCUT2D eigenvalue weighted by Gasteiger charge is 2.26. The predicted molar refractivity (Wildman–Crippen MR) is 76.8 cm³/mol. The number of hydrogen-bond donors (Lipinski definition) is 2. The monoisotopic (exact) mass is 300 g/mol. The molecule has 6 heteroatoms. The molecule has 0 aromatic carbocycles. The first-order valence-electron chi connectivity index (χ1n) is 6.97. The van der Waals surface area contributed by atoms with Crippen molar-refractivity contribution in [3.63, 3.8) is 0 Å². The first-order chi connectivity index (χ1) is 9.15. The van der Waals surface area contributed by atoms with E-state index in [1.54, 1.807) is 6.07 Å². The van der Waals surface area contributed by atoms with Crippen molar-refractivity contribution in [2.24, 2.45) is 0 Å². The third-order valence-corrected chi connectivity index (χ3v) is 6.45. The van der Waals surface area contributed by atoms with E-state index in [1.165, 1.54) is 24.2 Å². The second-order valence-electron chi connectivity index (χ2n) is 5.47. The van der Waals surface area contributed by atoms with Crippen molar-refractivity contribution in [3.05, 3.63) is 16.3 Å². The predicted octanol–water partition coefficient (Wildman–Crippen LogP) is 2.22. The lowest BCUT2D eigenvalue weighted by Crippen LogP contribution is -2.33. The third-order valence-electron chi connectivity index (χ3n) is 3.80. The van der Waals surface area contributed by atoms with Crippen molar-refractivity contribution in [2.75, 3.05) is 0 Å². The minimum Gasteiger partial charge on any atom is -0.309 e. The Morgan fingerprint density at radius 1 is 1.16 bits per heavy atom. The average molecular weight is 300 g/mol. The van der Waals surface area contributed by atoms with E-state index >= 15 is 0 Å². The van der Waals surface area contributed by atoms with Gasteiger partial charge in [-0.05, 0) is 37.1 Å². The summed E-state index contributed by atoms with van der Waals surface area (Å²) in [4.78, 5) is 1.40. The zero-order valence-corrected chi connectivity index (χ0v) is 12.5. The summed E-state index contributed by atoms with van der Waals surface area (Å²) in [6.07, 6.45) is 6.64. The lowest BCUT2D eigenvalue weighted by Gasteiger charge is -2.13. The molecular formula is C13H20N2O2S2. The molecule has 1 aromatic heterocycles. The quantitative estimate of drug-likeness (QED) is 0.847. The number of hydrogen-bond acceptors (Lipinski definition) is 4. The van der Waals surface area contributed by atoms with Gasteiger partial charge in [0.05, 0.1) is 4.90 Å². The Kier molecular flexibility index (Phi) is 3.93.